The summed E-state index contributed by atoms with van der Waals surface area (Å²) in [7, 11) is -3.01. The van der Waals surface area contributed by atoms with Crippen molar-refractivity contribution in [2.45, 2.75) is 46.1 Å². The molecule has 0 aliphatic carbocycles. The van der Waals surface area contributed by atoms with E-state index in [1.165, 1.54) is 0 Å². The SMILES string of the molecule is CCCS(=O)(=O)NC(CC)CC. The van der Waals surface area contributed by atoms with Crippen LogP contribution in [0, 0.1) is 0 Å². The van der Waals surface area contributed by atoms with Crippen LogP contribution < -0.4 is 4.72 Å². The van der Waals surface area contributed by atoms with Crippen LogP contribution in [0.1, 0.15) is 40.0 Å². The molecule has 0 amide bonds. The lowest BCUT2D eigenvalue weighted by atomic mass is 10.2. The summed E-state index contributed by atoms with van der Waals surface area (Å²) < 4.78 is 25.2. The Morgan fingerprint density at radius 3 is 2.00 bits per heavy atom. The Hall–Kier alpha value is -0.0900. The van der Waals surface area contributed by atoms with E-state index in [4.69, 9.17) is 0 Å². The summed E-state index contributed by atoms with van der Waals surface area (Å²) in [5.41, 5.74) is 0. The molecular formula is C8H19NO2S. The molecule has 0 rings (SSSR count). The minimum Gasteiger partial charge on any atom is -0.212 e. The van der Waals surface area contributed by atoms with Gasteiger partial charge in [-0.1, -0.05) is 20.8 Å². The molecule has 12 heavy (non-hydrogen) atoms. The molecule has 3 nitrogen and oxygen atoms in total. The maximum Gasteiger partial charge on any atom is 0.211 e. The highest BCUT2D eigenvalue weighted by Crippen LogP contribution is 1.99. The van der Waals surface area contributed by atoms with Gasteiger partial charge in [-0.2, -0.15) is 0 Å². The van der Waals surface area contributed by atoms with Crippen LogP contribution in [0.2, 0.25) is 0 Å². The minimum atomic E-state index is -3.01. The first-order valence-electron chi connectivity index (χ1n) is 4.55. The highest BCUT2D eigenvalue weighted by molar-refractivity contribution is 7.89. The summed E-state index contributed by atoms with van der Waals surface area (Å²) >= 11 is 0. The van der Waals surface area contributed by atoms with Gasteiger partial charge in [0.25, 0.3) is 0 Å². The molecular weight excluding hydrogens is 174 g/mol. The summed E-state index contributed by atoms with van der Waals surface area (Å²) in [4.78, 5) is 0. The number of hydrogen-bond acceptors (Lipinski definition) is 2. The fourth-order valence-corrected chi connectivity index (χ4v) is 2.53. The third-order valence-corrected chi connectivity index (χ3v) is 3.44. The molecule has 0 aromatic carbocycles. The molecule has 0 aliphatic rings. The summed E-state index contributed by atoms with van der Waals surface area (Å²) in [5.74, 6) is 0.240. The van der Waals surface area contributed by atoms with Crippen LogP contribution in [0.4, 0.5) is 0 Å². The molecule has 4 heteroatoms. The average molecular weight is 193 g/mol. The summed E-state index contributed by atoms with van der Waals surface area (Å²) in [6.45, 7) is 5.84. The quantitative estimate of drug-likeness (QED) is 0.695. The molecule has 0 spiro atoms. The van der Waals surface area contributed by atoms with Gasteiger partial charge in [-0.15, -0.1) is 0 Å². The Labute approximate surface area is 75.6 Å². The predicted molar refractivity (Wildman–Crippen MR) is 51.6 cm³/mol. The van der Waals surface area contributed by atoms with Crippen LogP contribution in [0.15, 0.2) is 0 Å². The maximum atomic E-state index is 11.2. The first-order chi connectivity index (χ1) is 5.55. The van der Waals surface area contributed by atoms with E-state index >= 15 is 0 Å². The van der Waals surface area contributed by atoms with Gasteiger partial charge >= 0.3 is 0 Å². The zero-order valence-electron chi connectivity index (χ0n) is 8.13. The first kappa shape index (κ1) is 11.9. The van der Waals surface area contributed by atoms with Gasteiger partial charge in [0.2, 0.25) is 10.0 Å². The van der Waals surface area contributed by atoms with Crippen LogP contribution in [0.3, 0.4) is 0 Å². The Bertz CT molecular complexity index is 195. The smallest absolute Gasteiger partial charge is 0.211 e. The Kier molecular flexibility index (Phi) is 5.50. The lowest BCUT2D eigenvalue weighted by Gasteiger charge is -2.14. The molecule has 0 atom stereocenters. The Balaban J connectivity index is 4.03. The lowest BCUT2D eigenvalue weighted by Crippen LogP contribution is -2.35. The van der Waals surface area contributed by atoms with Gasteiger partial charge in [-0.3, -0.25) is 0 Å². The van der Waals surface area contributed by atoms with Crippen molar-refractivity contribution in [1.82, 2.24) is 4.72 Å². The van der Waals surface area contributed by atoms with E-state index in [1.54, 1.807) is 0 Å². The minimum absolute atomic E-state index is 0.113. The normalized spacial score (nSPS) is 12.3. The van der Waals surface area contributed by atoms with Crippen LogP contribution >= 0.6 is 0 Å². The van der Waals surface area contributed by atoms with E-state index in [2.05, 4.69) is 4.72 Å². The van der Waals surface area contributed by atoms with Gasteiger partial charge in [-0.25, -0.2) is 13.1 Å². The van der Waals surface area contributed by atoms with Crippen molar-refractivity contribution in [1.29, 1.82) is 0 Å². The van der Waals surface area contributed by atoms with Gasteiger partial charge in [0, 0.05) is 6.04 Å². The van der Waals surface area contributed by atoms with Gasteiger partial charge < -0.3 is 0 Å². The van der Waals surface area contributed by atoms with Crippen molar-refractivity contribution >= 4 is 10.0 Å². The van der Waals surface area contributed by atoms with Crippen molar-refractivity contribution in [3.05, 3.63) is 0 Å². The van der Waals surface area contributed by atoms with Gasteiger partial charge in [0.05, 0.1) is 5.75 Å². The van der Waals surface area contributed by atoms with Crippen molar-refractivity contribution in [3.8, 4) is 0 Å². The third kappa shape index (κ3) is 4.72. The van der Waals surface area contributed by atoms with Gasteiger partial charge in [0.1, 0.15) is 0 Å². The Morgan fingerprint density at radius 1 is 1.17 bits per heavy atom. The van der Waals surface area contributed by atoms with Gasteiger partial charge in [-0.05, 0) is 19.3 Å². The molecule has 0 unspecified atom stereocenters. The third-order valence-electron chi connectivity index (χ3n) is 1.80. The Morgan fingerprint density at radius 2 is 1.67 bits per heavy atom. The van der Waals surface area contributed by atoms with Crippen molar-refractivity contribution in [3.63, 3.8) is 0 Å². The monoisotopic (exact) mass is 193 g/mol. The number of sulfonamides is 1. The van der Waals surface area contributed by atoms with E-state index in [1.807, 2.05) is 20.8 Å². The zero-order valence-corrected chi connectivity index (χ0v) is 8.95. The van der Waals surface area contributed by atoms with Crippen LogP contribution in [0.25, 0.3) is 0 Å². The lowest BCUT2D eigenvalue weighted by molar-refractivity contribution is 0.529. The molecule has 74 valence electrons. The molecule has 0 aromatic heterocycles. The summed E-state index contributed by atoms with van der Waals surface area (Å²) in [5, 5.41) is 0. The van der Waals surface area contributed by atoms with Crippen molar-refractivity contribution in [2.24, 2.45) is 0 Å². The molecule has 0 saturated heterocycles. The summed E-state index contributed by atoms with van der Waals surface area (Å²) in [6, 6.07) is 0.113. The standard InChI is InChI=1S/C8H19NO2S/c1-4-7-12(10,11)9-8(5-2)6-3/h8-9H,4-7H2,1-3H3. The largest absolute Gasteiger partial charge is 0.212 e. The van der Waals surface area contributed by atoms with Gasteiger partial charge in [0.15, 0.2) is 0 Å². The maximum absolute atomic E-state index is 11.2. The highest BCUT2D eigenvalue weighted by Gasteiger charge is 2.13. The molecule has 0 bridgehead atoms. The zero-order chi connectivity index (χ0) is 9.61. The van der Waals surface area contributed by atoms with E-state index in [0.29, 0.717) is 6.42 Å². The van der Waals surface area contributed by atoms with E-state index in [0.717, 1.165) is 12.8 Å². The number of rotatable bonds is 6. The van der Waals surface area contributed by atoms with Crippen molar-refractivity contribution < 1.29 is 8.42 Å². The van der Waals surface area contributed by atoms with E-state index in [-0.39, 0.29) is 11.8 Å². The predicted octanol–water partition coefficient (Wildman–Crippen LogP) is 1.50. The topological polar surface area (TPSA) is 46.2 Å². The molecule has 0 saturated carbocycles. The highest BCUT2D eigenvalue weighted by atomic mass is 32.2. The number of nitrogens with one attached hydrogen (secondary N) is 1. The molecule has 0 aliphatic heterocycles. The van der Waals surface area contributed by atoms with Crippen LogP contribution in [-0.2, 0) is 10.0 Å². The van der Waals surface area contributed by atoms with Crippen LogP contribution in [-0.4, -0.2) is 20.2 Å². The second-order valence-corrected chi connectivity index (χ2v) is 4.82. The second-order valence-electron chi connectivity index (χ2n) is 2.95. The number of hydrogen-bond donors (Lipinski definition) is 1. The first-order valence-corrected chi connectivity index (χ1v) is 6.20. The van der Waals surface area contributed by atoms with Crippen molar-refractivity contribution in [2.75, 3.05) is 5.75 Å². The fraction of sp³-hybridized carbons (Fsp3) is 1.00. The molecule has 0 aromatic rings. The molecule has 0 radical (unpaired) electrons. The second kappa shape index (κ2) is 5.54. The molecule has 0 fully saturated rings. The fourth-order valence-electron chi connectivity index (χ4n) is 1.04. The molecule has 1 N–H and O–H groups in total. The summed E-state index contributed by atoms with van der Waals surface area (Å²) in [6.07, 6.45) is 2.40. The average Bonchev–Trinajstić information content (AvgIpc) is 2.00. The van der Waals surface area contributed by atoms with E-state index in [9.17, 15) is 8.42 Å². The molecule has 0 heterocycles. The van der Waals surface area contributed by atoms with Crippen LogP contribution in [0.5, 0.6) is 0 Å². The van der Waals surface area contributed by atoms with E-state index < -0.39 is 10.0 Å².